The number of rotatable bonds is 2. The first-order chi connectivity index (χ1) is 5.65. The average Bonchev–Trinajstić information content (AvgIpc) is 2.73. The van der Waals surface area contributed by atoms with Crippen molar-refractivity contribution in [2.24, 2.45) is 11.8 Å². The fraction of sp³-hybridized carbons (Fsp3) is 1.00. The van der Waals surface area contributed by atoms with Crippen LogP contribution in [-0.2, 0) is 4.74 Å². The lowest BCUT2D eigenvalue weighted by Crippen LogP contribution is -2.24. The predicted octanol–water partition coefficient (Wildman–Crippen LogP) is 2.99. The Balaban J connectivity index is 1.89. The highest BCUT2D eigenvalue weighted by molar-refractivity contribution is 5.03. The Morgan fingerprint density at radius 2 is 2.33 bits per heavy atom. The van der Waals surface area contributed by atoms with Crippen LogP contribution in [-0.4, -0.2) is 11.7 Å². The van der Waals surface area contributed by atoms with Crippen molar-refractivity contribution in [2.75, 3.05) is 0 Å². The van der Waals surface area contributed by atoms with E-state index in [9.17, 15) is 0 Å². The molecule has 0 radical (unpaired) electrons. The zero-order valence-electron chi connectivity index (χ0n) is 8.47. The highest BCUT2D eigenvalue weighted by atomic mass is 16.6. The summed E-state index contributed by atoms with van der Waals surface area (Å²) in [5, 5.41) is 0. The molecule has 70 valence electrons. The predicted molar refractivity (Wildman–Crippen MR) is 50.1 cm³/mol. The second-order valence-corrected chi connectivity index (χ2v) is 4.84. The molecule has 0 N–H and O–H groups in total. The average molecular weight is 168 g/mol. The van der Waals surface area contributed by atoms with Crippen LogP contribution in [0.15, 0.2) is 0 Å². The van der Waals surface area contributed by atoms with Crippen molar-refractivity contribution >= 4 is 0 Å². The SMILES string of the molecule is CCC(C)C1CCC2(C)OC2C1. The molecule has 1 saturated carbocycles. The summed E-state index contributed by atoms with van der Waals surface area (Å²) in [6.45, 7) is 6.95. The molecule has 2 aliphatic rings. The van der Waals surface area contributed by atoms with E-state index in [1.165, 1.54) is 25.7 Å². The van der Waals surface area contributed by atoms with Crippen LogP contribution in [0.3, 0.4) is 0 Å². The van der Waals surface area contributed by atoms with E-state index in [1.807, 2.05) is 0 Å². The molecule has 2 fully saturated rings. The molecule has 1 nitrogen and oxygen atoms in total. The number of fused-ring (bicyclic) bond motifs is 1. The Kier molecular flexibility index (Phi) is 1.95. The molecule has 0 amide bonds. The van der Waals surface area contributed by atoms with Gasteiger partial charge in [-0.25, -0.2) is 0 Å². The number of ether oxygens (including phenoxy) is 1. The molecule has 1 heteroatoms. The largest absolute Gasteiger partial charge is 0.366 e. The third kappa shape index (κ3) is 1.28. The normalized spacial score (nSPS) is 48.2. The van der Waals surface area contributed by atoms with Gasteiger partial charge in [0, 0.05) is 0 Å². The van der Waals surface area contributed by atoms with Gasteiger partial charge in [0.1, 0.15) is 0 Å². The molecule has 1 aliphatic carbocycles. The molecular formula is C11H20O. The Hall–Kier alpha value is -0.0400. The maximum absolute atomic E-state index is 5.69. The van der Waals surface area contributed by atoms with Crippen molar-refractivity contribution in [3.05, 3.63) is 0 Å². The van der Waals surface area contributed by atoms with Gasteiger partial charge in [-0.2, -0.15) is 0 Å². The molecule has 0 aromatic rings. The third-order valence-corrected chi connectivity index (χ3v) is 4.01. The van der Waals surface area contributed by atoms with Crippen molar-refractivity contribution < 1.29 is 4.74 Å². The van der Waals surface area contributed by atoms with Gasteiger partial charge in [0.15, 0.2) is 0 Å². The van der Waals surface area contributed by atoms with Gasteiger partial charge in [0.25, 0.3) is 0 Å². The molecule has 0 aromatic heterocycles. The molecule has 2 rings (SSSR count). The first-order valence-corrected chi connectivity index (χ1v) is 5.33. The van der Waals surface area contributed by atoms with Crippen molar-refractivity contribution in [1.82, 2.24) is 0 Å². The molecule has 1 aliphatic heterocycles. The monoisotopic (exact) mass is 168 g/mol. The van der Waals surface area contributed by atoms with E-state index in [4.69, 9.17) is 4.74 Å². The standard InChI is InChI=1S/C11H20O/c1-4-8(2)9-5-6-11(3)10(7-9)12-11/h8-10H,4-7H2,1-3H3. The minimum absolute atomic E-state index is 0.309. The van der Waals surface area contributed by atoms with Crippen molar-refractivity contribution in [3.8, 4) is 0 Å². The van der Waals surface area contributed by atoms with Crippen LogP contribution in [0.25, 0.3) is 0 Å². The van der Waals surface area contributed by atoms with Crippen molar-refractivity contribution in [3.63, 3.8) is 0 Å². The Labute approximate surface area is 75.5 Å². The van der Waals surface area contributed by atoms with Crippen molar-refractivity contribution in [1.29, 1.82) is 0 Å². The minimum atomic E-state index is 0.309. The molecule has 0 aromatic carbocycles. The summed E-state index contributed by atoms with van der Waals surface area (Å²) in [4.78, 5) is 0. The van der Waals surface area contributed by atoms with Gasteiger partial charge in [-0.15, -0.1) is 0 Å². The highest BCUT2D eigenvalue weighted by Crippen LogP contribution is 2.50. The molecule has 0 spiro atoms. The maximum atomic E-state index is 5.69. The fourth-order valence-electron chi connectivity index (χ4n) is 2.52. The number of hydrogen-bond donors (Lipinski definition) is 0. The van der Waals surface area contributed by atoms with Gasteiger partial charge in [0.05, 0.1) is 11.7 Å². The molecule has 1 heterocycles. The topological polar surface area (TPSA) is 12.5 Å². The zero-order chi connectivity index (χ0) is 8.77. The minimum Gasteiger partial charge on any atom is -0.366 e. The lowest BCUT2D eigenvalue weighted by Gasteiger charge is -2.26. The van der Waals surface area contributed by atoms with E-state index in [1.54, 1.807) is 0 Å². The first kappa shape index (κ1) is 8.55. The van der Waals surface area contributed by atoms with E-state index in [-0.39, 0.29) is 0 Å². The van der Waals surface area contributed by atoms with Crippen LogP contribution < -0.4 is 0 Å². The molecule has 1 saturated heterocycles. The fourth-order valence-corrected chi connectivity index (χ4v) is 2.52. The zero-order valence-corrected chi connectivity index (χ0v) is 8.47. The molecule has 0 bridgehead atoms. The molecule has 12 heavy (non-hydrogen) atoms. The summed E-state index contributed by atoms with van der Waals surface area (Å²) < 4.78 is 5.69. The van der Waals surface area contributed by atoms with Crippen molar-refractivity contribution in [2.45, 2.75) is 58.2 Å². The quantitative estimate of drug-likeness (QED) is 0.577. The Morgan fingerprint density at radius 3 is 2.92 bits per heavy atom. The second-order valence-electron chi connectivity index (χ2n) is 4.84. The van der Waals surface area contributed by atoms with Crippen LogP contribution in [0.4, 0.5) is 0 Å². The summed E-state index contributed by atoms with van der Waals surface area (Å²) in [6, 6.07) is 0. The molecular weight excluding hydrogens is 148 g/mol. The van der Waals surface area contributed by atoms with Gasteiger partial charge in [-0.3, -0.25) is 0 Å². The van der Waals surface area contributed by atoms with E-state index >= 15 is 0 Å². The summed E-state index contributed by atoms with van der Waals surface area (Å²) in [5.74, 6) is 1.84. The van der Waals surface area contributed by atoms with E-state index < -0.39 is 0 Å². The van der Waals surface area contributed by atoms with Gasteiger partial charge in [-0.1, -0.05) is 20.3 Å². The summed E-state index contributed by atoms with van der Waals surface area (Å²) in [7, 11) is 0. The van der Waals surface area contributed by atoms with Crippen LogP contribution in [0, 0.1) is 11.8 Å². The third-order valence-electron chi connectivity index (χ3n) is 4.01. The summed E-state index contributed by atoms with van der Waals surface area (Å²) in [5.41, 5.74) is 0.309. The first-order valence-electron chi connectivity index (χ1n) is 5.33. The molecule has 4 unspecified atom stereocenters. The van der Waals surface area contributed by atoms with Gasteiger partial charge in [-0.05, 0) is 38.0 Å². The van der Waals surface area contributed by atoms with Crippen LogP contribution in [0.5, 0.6) is 0 Å². The number of epoxide rings is 1. The summed E-state index contributed by atoms with van der Waals surface area (Å²) >= 11 is 0. The number of hydrogen-bond acceptors (Lipinski definition) is 1. The second kappa shape index (κ2) is 2.73. The van der Waals surface area contributed by atoms with E-state index in [0.717, 1.165) is 11.8 Å². The Bertz CT molecular complexity index is 178. The lowest BCUT2D eigenvalue weighted by atomic mass is 9.76. The lowest BCUT2D eigenvalue weighted by molar-refractivity contribution is 0.258. The van der Waals surface area contributed by atoms with E-state index in [2.05, 4.69) is 20.8 Å². The Morgan fingerprint density at radius 1 is 1.58 bits per heavy atom. The van der Waals surface area contributed by atoms with Crippen LogP contribution >= 0.6 is 0 Å². The maximum Gasteiger partial charge on any atom is 0.0920 e. The van der Waals surface area contributed by atoms with Crippen LogP contribution in [0.1, 0.15) is 46.5 Å². The van der Waals surface area contributed by atoms with Gasteiger partial charge >= 0.3 is 0 Å². The molecule has 4 atom stereocenters. The highest BCUT2D eigenvalue weighted by Gasteiger charge is 2.55. The van der Waals surface area contributed by atoms with Crippen LogP contribution in [0.2, 0.25) is 0 Å². The van der Waals surface area contributed by atoms with Gasteiger partial charge < -0.3 is 4.74 Å². The smallest absolute Gasteiger partial charge is 0.0920 e. The van der Waals surface area contributed by atoms with Gasteiger partial charge in [0.2, 0.25) is 0 Å². The summed E-state index contributed by atoms with van der Waals surface area (Å²) in [6.07, 6.45) is 5.96. The van der Waals surface area contributed by atoms with E-state index in [0.29, 0.717) is 11.7 Å².